The third-order valence-corrected chi connectivity index (χ3v) is 15.4. The number of hydrogen-bond donors (Lipinski definition) is 3. The summed E-state index contributed by atoms with van der Waals surface area (Å²) in [6.45, 7) is 11.5. The maximum atomic E-state index is 12.3. The van der Waals surface area contributed by atoms with E-state index in [-0.39, 0.29) is 42.5 Å². The van der Waals surface area contributed by atoms with Gasteiger partial charge in [-0.05, 0) is 92.1 Å². The van der Waals surface area contributed by atoms with E-state index in [0.29, 0.717) is 36.2 Å². The molecule has 1 aromatic carbocycles. The molecule has 310 valence electrons. The highest BCUT2D eigenvalue weighted by molar-refractivity contribution is 8.33. The average molecular weight is 789 g/mol. The zero-order chi connectivity index (χ0) is 40.1. The largest absolute Gasteiger partial charge is 0.494 e. The highest BCUT2D eigenvalue weighted by Crippen LogP contribution is 2.49. The number of ether oxygens (including phenoxy) is 4. The quantitative estimate of drug-likeness (QED) is 0.0475. The lowest BCUT2D eigenvalue weighted by atomic mass is 9.68. The second kappa shape index (κ2) is 25.3. The molecule has 0 heterocycles. The molecule has 2 saturated carbocycles. The summed E-state index contributed by atoms with van der Waals surface area (Å²) in [4.78, 5) is 36.8. The molecule has 0 radical (unpaired) electrons. The summed E-state index contributed by atoms with van der Waals surface area (Å²) in [5, 5.41) is 27.9. The van der Waals surface area contributed by atoms with Gasteiger partial charge in [-0.25, -0.2) is 19.6 Å². The van der Waals surface area contributed by atoms with Gasteiger partial charge in [0.2, 0.25) is 0 Å². The highest BCUT2D eigenvalue weighted by Gasteiger charge is 2.31. The van der Waals surface area contributed by atoms with E-state index in [9.17, 15) is 29.7 Å². The number of rotatable bonds is 27. The molecule has 0 amide bonds. The molecule has 0 saturated heterocycles. The van der Waals surface area contributed by atoms with Crippen molar-refractivity contribution in [2.24, 2.45) is 17.8 Å². The van der Waals surface area contributed by atoms with Gasteiger partial charge in [-0.15, -0.1) is 0 Å². The summed E-state index contributed by atoms with van der Waals surface area (Å²) in [6.07, 6.45) is 17.0. The van der Waals surface area contributed by atoms with Gasteiger partial charge in [-0.2, -0.15) is 0 Å². The number of benzene rings is 1. The number of aliphatic hydroxyl groups is 3. The number of carbonyl (C=O) groups is 3. The first kappa shape index (κ1) is 46.4. The molecular weight excluding hydrogens is 721 g/mol. The van der Waals surface area contributed by atoms with Crippen molar-refractivity contribution in [2.45, 2.75) is 96.3 Å². The zero-order valence-corrected chi connectivity index (χ0v) is 34.1. The Labute approximate surface area is 331 Å². The van der Waals surface area contributed by atoms with Gasteiger partial charge < -0.3 is 34.3 Å². The lowest BCUT2D eigenvalue weighted by Crippen LogP contribution is -2.28. The van der Waals surface area contributed by atoms with Crippen molar-refractivity contribution in [1.82, 2.24) is 0 Å². The maximum Gasteiger partial charge on any atom is 0.335 e. The smallest absolute Gasteiger partial charge is 0.335 e. The van der Waals surface area contributed by atoms with Gasteiger partial charge in [0.15, 0.2) is 5.78 Å². The molecule has 2 aliphatic rings. The van der Waals surface area contributed by atoms with Crippen LogP contribution in [-0.4, -0.2) is 102 Å². The topological polar surface area (TPSA) is 149 Å². The number of Topliss-reactive ketones (excluding diaryl/α,β-unsaturated/α-hetero) is 1. The monoisotopic (exact) mass is 788 g/mol. The molecule has 0 aromatic heterocycles. The summed E-state index contributed by atoms with van der Waals surface area (Å²) in [5.74, 6) is 3.72. The number of aliphatic hydroxyl groups excluding tert-OH is 3. The van der Waals surface area contributed by atoms with E-state index in [4.69, 9.17) is 18.9 Å². The predicted octanol–water partition coefficient (Wildman–Crippen LogP) is 7.20. The summed E-state index contributed by atoms with van der Waals surface area (Å²) in [5.41, 5.74) is 1.27. The van der Waals surface area contributed by atoms with Crippen molar-refractivity contribution >= 4 is 27.7 Å². The van der Waals surface area contributed by atoms with E-state index in [1.807, 2.05) is 12.1 Å². The first-order valence-corrected chi connectivity index (χ1v) is 22.6. The highest BCUT2D eigenvalue weighted by atomic mass is 32.3. The van der Waals surface area contributed by atoms with Crippen LogP contribution in [0.4, 0.5) is 0 Å². The van der Waals surface area contributed by atoms with E-state index in [2.05, 4.69) is 38.8 Å². The minimum Gasteiger partial charge on any atom is -0.494 e. The molecule has 11 heteroatoms. The lowest BCUT2D eigenvalue weighted by molar-refractivity contribution is -0.139. The molecule has 55 heavy (non-hydrogen) atoms. The van der Waals surface area contributed by atoms with Crippen LogP contribution >= 0.6 is 10.0 Å². The number of esters is 2. The van der Waals surface area contributed by atoms with E-state index in [1.54, 1.807) is 0 Å². The van der Waals surface area contributed by atoms with Crippen molar-refractivity contribution in [1.29, 1.82) is 0 Å². The van der Waals surface area contributed by atoms with Gasteiger partial charge in [-0.1, -0.05) is 77.3 Å². The van der Waals surface area contributed by atoms with Gasteiger partial charge in [0.05, 0.1) is 56.7 Å². The Morgan fingerprint density at radius 1 is 0.691 bits per heavy atom. The van der Waals surface area contributed by atoms with Crippen molar-refractivity contribution < 1.29 is 48.7 Å². The third-order valence-electron chi connectivity index (χ3n) is 11.5. The van der Waals surface area contributed by atoms with E-state index in [0.717, 1.165) is 23.5 Å². The molecule has 0 aliphatic heterocycles. The Morgan fingerprint density at radius 3 is 1.76 bits per heavy atom. The second-order valence-corrected chi connectivity index (χ2v) is 19.4. The third kappa shape index (κ3) is 16.2. The number of unbranched alkanes of at least 4 members (excludes halogenated alkanes) is 2. The Morgan fingerprint density at radius 2 is 1.24 bits per heavy atom. The molecular formula is C44H68O10S. The number of ketones is 1. The molecule has 10 nitrogen and oxygen atoms in total. The Bertz CT molecular complexity index is 1280. The van der Waals surface area contributed by atoms with Crippen LogP contribution in [-0.2, 0) is 28.6 Å². The fourth-order valence-corrected chi connectivity index (χ4v) is 10.9. The molecule has 2 fully saturated rings. The lowest BCUT2D eigenvalue weighted by Gasteiger charge is -2.39. The summed E-state index contributed by atoms with van der Waals surface area (Å²) in [7, 11) is -1.86. The normalized spacial score (nSPS) is 20.3. The van der Waals surface area contributed by atoms with Crippen LogP contribution in [0.5, 0.6) is 5.75 Å². The van der Waals surface area contributed by atoms with Crippen LogP contribution < -0.4 is 4.74 Å². The SMILES string of the molecule is C=C(CO)C(=O)COCS(CCCOc1ccc(C2CCC(C3CCC(CCCCC)CC3)CC2)cc1)(CCOC(=O)C(=C)CO)CCOC(=O)C(=C)CO. The average Bonchev–Trinajstić information content (AvgIpc) is 3.21. The molecule has 0 bridgehead atoms. The van der Waals surface area contributed by atoms with Crippen LogP contribution in [0.25, 0.3) is 0 Å². The molecule has 0 atom stereocenters. The van der Waals surface area contributed by atoms with Crippen LogP contribution in [0, 0.1) is 17.8 Å². The first-order valence-electron chi connectivity index (χ1n) is 20.3. The summed E-state index contributed by atoms with van der Waals surface area (Å²) in [6, 6.07) is 8.49. The van der Waals surface area contributed by atoms with Crippen LogP contribution in [0.15, 0.2) is 60.7 Å². The van der Waals surface area contributed by atoms with Crippen molar-refractivity contribution in [2.75, 3.05) is 69.4 Å². The van der Waals surface area contributed by atoms with Crippen LogP contribution in [0.3, 0.4) is 0 Å². The maximum absolute atomic E-state index is 12.3. The van der Waals surface area contributed by atoms with E-state index in [1.165, 1.54) is 82.6 Å². The van der Waals surface area contributed by atoms with Crippen molar-refractivity contribution in [3.8, 4) is 5.75 Å². The molecule has 2 aliphatic carbocycles. The van der Waals surface area contributed by atoms with Gasteiger partial charge in [0.25, 0.3) is 0 Å². The molecule has 3 N–H and O–H groups in total. The minimum atomic E-state index is -1.86. The van der Waals surface area contributed by atoms with Gasteiger partial charge in [-0.3, -0.25) is 4.79 Å². The standard InChI is InChI=1S/C44H68O10S/c1-5-6-7-9-36-10-12-37(13-11-36)38-14-16-39(17-15-38)40-18-20-41(21-19-40)52-22-8-25-55(26-23-53-43(49)34(3)29-46,27-24-54-44(50)35(4)30-47)32-51-31-42(48)33(2)28-45/h18-21,36-39,45-47H,2-17,22-32H2,1H3. The Balaban J connectivity index is 1.55. The van der Waals surface area contributed by atoms with Gasteiger partial charge in [0, 0.05) is 17.1 Å². The summed E-state index contributed by atoms with van der Waals surface area (Å²) < 4.78 is 22.8. The summed E-state index contributed by atoms with van der Waals surface area (Å²) >= 11 is 0. The zero-order valence-electron chi connectivity index (χ0n) is 33.3. The van der Waals surface area contributed by atoms with E-state index < -0.39 is 47.6 Å². The number of hydrogen-bond acceptors (Lipinski definition) is 10. The molecule has 3 rings (SSSR count). The fourth-order valence-electron chi connectivity index (χ4n) is 7.89. The van der Waals surface area contributed by atoms with E-state index >= 15 is 0 Å². The second-order valence-electron chi connectivity index (χ2n) is 15.4. The first-order chi connectivity index (χ1) is 26.5. The minimum absolute atomic E-state index is 0.00435. The van der Waals surface area contributed by atoms with Gasteiger partial charge >= 0.3 is 11.9 Å². The number of carbonyl (C=O) groups excluding carboxylic acids is 3. The Kier molecular flexibility index (Phi) is 21.4. The molecule has 0 unspecified atom stereocenters. The molecule has 1 aromatic rings. The fraction of sp³-hybridized carbons (Fsp3) is 0.659. The van der Waals surface area contributed by atoms with Crippen LogP contribution in [0.2, 0.25) is 0 Å². The van der Waals surface area contributed by atoms with Crippen molar-refractivity contribution in [3.05, 3.63) is 66.3 Å². The van der Waals surface area contributed by atoms with Crippen LogP contribution in [0.1, 0.15) is 102 Å². The van der Waals surface area contributed by atoms with Crippen molar-refractivity contribution in [3.63, 3.8) is 0 Å². The van der Waals surface area contributed by atoms with Gasteiger partial charge in [0.1, 0.15) is 12.4 Å². The molecule has 0 spiro atoms. The predicted molar refractivity (Wildman–Crippen MR) is 219 cm³/mol. The Hall–Kier alpha value is -2.96.